The maximum absolute atomic E-state index is 10.7. The highest BCUT2D eigenvalue weighted by Gasteiger charge is 2.10. The van der Waals surface area contributed by atoms with E-state index in [9.17, 15) is 14.7 Å². The molecule has 0 aliphatic heterocycles. The summed E-state index contributed by atoms with van der Waals surface area (Å²) in [5, 5.41) is 18.1. The van der Waals surface area contributed by atoms with E-state index in [1.54, 1.807) is 18.2 Å². The molecule has 0 saturated carbocycles. The number of phenolic OH excluding ortho intramolecular Hbond substituents is 1. The van der Waals surface area contributed by atoms with Crippen LogP contribution in [-0.4, -0.2) is 22.5 Å². The Labute approximate surface area is 163 Å². The van der Waals surface area contributed by atoms with E-state index in [0.29, 0.717) is 11.7 Å². The van der Waals surface area contributed by atoms with Crippen LogP contribution in [0.4, 0.5) is 0 Å². The van der Waals surface area contributed by atoms with Gasteiger partial charge in [-0.3, -0.25) is 0 Å². The summed E-state index contributed by atoms with van der Waals surface area (Å²) in [6.45, 7) is 1.97. The number of aliphatic carboxylic acids is 1. The Bertz CT molecular complexity index is 562. The number of carboxylic acids is 1. The molecule has 150 valence electrons. The quantitative estimate of drug-likeness (QED) is 0.240. The highest BCUT2D eigenvalue weighted by Crippen LogP contribution is 2.23. The number of benzene rings is 1. The summed E-state index contributed by atoms with van der Waals surface area (Å²) in [5.74, 6) is 0.173. The van der Waals surface area contributed by atoms with Crippen LogP contribution in [0.25, 0.3) is 0 Å². The van der Waals surface area contributed by atoms with Crippen molar-refractivity contribution in [3.05, 3.63) is 42.0 Å². The Kier molecular flexibility index (Phi) is 11.9. The predicted molar refractivity (Wildman–Crippen MR) is 109 cm³/mol. The maximum Gasteiger partial charge on any atom is 0.327 e. The molecule has 0 saturated heterocycles. The van der Waals surface area contributed by atoms with Gasteiger partial charge >= 0.3 is 5.97 Å². The van der Waals surface area contributed by atoms with Crippen LogP contribution >= 0.6 is 0 Å². The highest BCUT2D eigenvalue weighted by atomic mass is 16.4. The zero-order chi connectivity index (χ0) is 19.9. The van der Waals surface area contributed by atoms with Crippen molar-refractivity contribution in [1.29, 1.82) is 0 Å². The molecule has 0 aliphatic rings. The summed E-state index contributed by atoms with van der Waals surface area (Å²) in [4.78, 5) is 21.2. The molecule has 0 radical (unpaired) electrons. The molecule has 1 rings (SSSR count). The van der Waals surface area contributed by atoms with Gasteiger partial charge in [-0.05, 0) is 49.3 Å². The number of aldehydes is 1. The molecule has 0 aliphatic carbocycles. The summed E-state index contributed by atoms with van der Waals surface area (Å²) in [6, 6.07) is 7.46. The van der Waals surface area contributed by atoms with Gasteiger partial charge in [-0.15, -0.1) is 0 Å². The number of carbonyl (C=O) groups is 2. The standard InChI is InChI=1S/C23H34O4/c1-19(18-24)9-5-4-7-11-20(10-6-2-3-8-12-23(26)27)17-21-13-15-22(25)16-14-21/h8,12-16,18-20,25H,2-7,9-11,17H2,1H3,(H,26,27)/b12-8+/t19-,20-/m0/s1. The molecule has 0 heterocycles. The van der Waals surface area contributed by atoms with Crippen molar-refractivity contribution in [3.63, 3.8) is 0 Å². The predicted octanol–water partition coefficient (Wildman–Crippen LogP) is 5.54. The van der Waals surface area contributed by atoms with Gasteiger partial charge in [0, 0.05) is 12.0 Å². The van der Waals surface area contributed by atoms with Gasteiger partial charge in [0.25, 0.3) is 0 Å². The third kappa shape index (κ3) is 12.0. The SMILES string of the molecule is C[C@H](C=O)CCCCC[C@H](CCCC/C=C/C(=O)O)Cc1ccc(O)cc1. The minimum atomic E-state index is -0.885. The molecule has 0 fully saturated rings. The van der Waals surface area contributed by atoms with Crippen molar-refractivity contribution in [3.8, 4) is 5.75 Å². The number of phenols is 1. The fourth-order valence-electron chi connectivity index (χ4n) is 3.34. The van der Waals surface area contributed by atoms with Crippen LogP contribution in [0.1, 0.15) is 70.3 Å². The first kappa shape index (κ1) is 22.9. The molecule has 0 amide bonds. The van der Waals surface area contributed by atoms with Gasteiger partial charge in [-0.2, -0.15) is 0 Å². The average Bonchev–Trinajstić information content (AvgIpc) is 2.65. The van der Waals surface area contributed by atoms with E-state index in [4.69, 9.17) is 5.11 Å². The van der Waals surface area contributed by atoms with Crippen molar-refractivity contribution in [1.82, 2.24) is 0 Å². The molecule has 27 heavy (non-hydrogen) atoms. The summed E-state index contributed by atoms with van der Waals surface area (Å²) in [6.07, 6.45) is 14.6. The first-order valence-electron chi connectivity index (χ1n) is 10.1. The summed E-state index contributed by atoms with van der Waals surface area (Å²) in [7, 11) is 0. The van der Waals surface area contributed by atoms with Gasteiger partial charge in [0.2, 0.25) is 0 Å². The average molecular weight is 375 g/mol. The van der Waals surface area contributed by atoms with Crippen molar-refractivity contribution in [2.75, 3.05) is 0 Å². The maximum atomic E-state index is 10.7. The van der Waals surface area contributed by atoms with Gasteiger partial charge in [0.15, 0.2) is 0 Å². The van der Waals surface area contributed by atoms with Crippen LogP contribution in [0.2, 0.25) is 0 Å². The topological polar surface area (TPSA) is 74.6 Å². The van der Waals surface area contributed by atoms with Crippen LogP contribution < -0.4 is 0 Å². The summed E-state index contributed by atoms with van der Waals surface area (Å²) in [5.41, 5.74) is 1.25. The number of hydrogen-bond donors (Lipinski definition) is 2. The first-order valence-corrected chi connectivity index (χ1v) is 10.1. The minimum Gasteiger partial charge on any atom is -0.508 e. The molecular weight excluding hydrogens is 340 g/mol. The second-order valence-electron chi connectivity index (χ2n) is 7.51. The third-order valence-electron chi connectivity index (χ3n) is 4.96. The molecule has 2 atom stereocenters. The van der Waals surface area contributed by atoms with E-state index in [1.165, 1.54) is 24.5 Å². The highest BCUT2D eigenvalue weighted by molar-refractivity contribution is 5.79. The Morgan fingerprint density at radius 2 is 1.63 bits per heavy atom. The van der Waals surface area contributed by atoms with Gasteiger partial charge in [0.05, 0.1) is 0 Å². The second kappa shape index (κ2) is 14.0. The van der Waals surface area contributed by atoms with Gasteiger partial charge in [-0.25, -0.2) is 4.79 Å². The van der Waals surface area contributed by atoms with Crippen molar-refractivity contribution >= 4 is 12.3 Å². The molecule has 1 aromatic rings. The van der Waals surface area contributed by atoms with Crippen LogP contribution in [0.3, 0.4) is 0 Å². The van der Waals surface area contributed by atoms with Crippen molar-refractivity contribution in [2.24, 2.45) is 11.8 Å². The number of hydrogen-bond acceptors (Lipinski definition) is 3. The fraction of sp³-hybridized carbons (Fsp3) is 0.565. The number of allylic oxidation sites excluding steroid dienone is 1. The number of carboxylic acid groups (broad SMARTS) is 1. The lowest BCUT2D eigenvalue weighted by atomic mass is 9.88. The number of carbonyl (C=O) groups excluding carboxylic acids is 1. The Morgan fingerprint density at radius 1 is 1.00 bits per heavy atom. The number of rotatable bonds is 15. The lowest BCUT2D eigenvalue weighted by Gasteiger charge is -2.17. The van der Waals surface area contributed by atoms with E-state index in [2.05, 4.69) is 0 Å². The third-order valence-corrected chi connectivity index (χ3v) is 4.96. The lowest BCUT2D eigenvalue weighted by Crippen LogP contribution is -2.05. The smallest absolute Gasteiger partial charge is 0.327 e. The fourth-order valence-corrected chi connectivity index (χ4v) is 3.34. The van der Waals surface area contributed by atoms with Gasteiger partial charge in [-0.1, -0.05) is 63.7 Å². The molecule has 2 N–H and O–H groups in total. The van der Waals surface area contributed by atoms with E-state index >= 15 is 0 Å². The minimum absolute atomic E-state index is 0.164. The van der Waals surface area contributed by atoms with Crippen molar-refractivity contribution in [2.45, 2.75) is 71.1 Å². The molecule has 0 unspecified atom stereocenters. The van der Waals surface area contributed by atoms with E-state index in [0.717, 1.165) is 57.7 Å². The zero-order valence-corrected chi connectivity index (χ0v) is 16.5. The molecule has 0 spiro atoms. The molecule has 1 aromatic carbocycles. The molecular formula is C23H34O4. The zero-order valence-electron chi connectivity index (χ0n) is 16.5. The molecule has 0 aromatic heterocycles. The monoisotopic (exact) mass is 374 g/mol. The van der Waals surface area contributed by atoms with E-state index < -0.39 is 5.97 Å². The Morgan fingerprint density at radius 3 is 2.26 bits per heavy atom. The van der Waals surface area contributed by atoms with Gasteiger partial charge in [0.1, 0.15) is 12.0 Å². The number of aromatic hydroxyl groups is 1. The number of unbranched alkanes of at least 4 members (excludes halogenated alkanes) is 4. The van der Waals surface area contributed by atoms with E-state index in [1.807, 2.05) is 19.1 Å². The second-order valence-corrected chi connectivity index (χ2v) is 7.51. The summed E-state index contributed by atoms with van der Waals surface area (Å²) < 4.78 is 0. The van der Waals surface area contributed by atoms with Crippen LogP contribution in [0.15, 0.2) is 36.4 Å². The molecule has 0 bridgehead atoms. The lowest BCUT2D eigenvalue weighted by molar-refractivity contribution is -0.131. The van der Waals surface area contributed by atoms with Crippen LogP contribution in [0.5, 0.6) is 5.75 Å². The van der Waals surface area contributed by atoms with Crippen molar-refractivity contribution < 1.29 is 19.8 Å². The molecule has 4 heteroatoms. The Balaban J connectivity index is 2.39. The van der Waals surface area contributed by atoms with Crippen LogP contribution in [-0.2, 0) is 16.0 Å². The normalized spacial score (nSPS) is 13.5. The summed E-state index contributed by atoms with van der Waals surface area (Å²) >= 11 is 0. The largest absolute Gasteiger partial charge is 0.508 e. The van der Waals surface area contributed by atoms with Gasteiger partial charge < -0.3 is 15.0 Å². The Hall–Kier alpha value is -2.10. The first-order chi connectivity index (χ1) is 13.0. The van der Waals surface area contributed by atoms with Crippen LogP contribution in [0, 0.1) is 11.8 Å². The molecule has 4 nitrogen and oxygen atoms in total. The van der Waals surface area contributed by atoms with E-state index in [-0.39, 0.29) is 5.92 Å².